The second kappa shape index (κ2) is 10.5. The van der Waals surface area contributed by atoms with Crippen molar-refractivity contribution < 1.29 is 22.7 Å². The fourth-order valence-corrected chi connectivity index (χ4v) is 4.47. The molecule has 1 aliphatic heterocycles. The fraction of sp³-hybridized carbons (Fsp3) is 0.385. The molecule has 186 valence electrons. The van der Waals surface area contributed by atoms with Crippen molar-refractivity contribution in [3.05, 3.63) is 77.1 Å². The molecule has 0 aliphatic carbocycles. The molecule has 0 saturated carbocycles. The van der Waals surface area contributed by atoms with Crippen LogP contribution in [0.1, 0.15) is 52.5 Å². The maximum absolute atomic E-state index is 14.0. The standard InChI is InChI=1S/C26H29F3N4O2/c1-18-6-10-20(11-7-18)33-24(26(27,28)29)22(16-31-33)25(34)30-17-23(32-14-4-3-5-15-32)19-8-12-21(35-2)13-9-19/h6-13,16,23H,3-5,14-15,17H2,1-2H3,(H,30,34). The number of nitrogens with one attached hydrogen (secondary N) is 1. The van der Waals surface area contributed by atoms with Crippen LogP contribution >= 0.6 is 0 Å². The monoisotopic (exact) mass is 486 g/mol. The minimum atomic E-state index is -4.75. The van der Waals surface area contributed by atoms with E-state index in [1.54, 1.807) is 31.4 Å². The second-order valence-corrected chi connectivity index (χ2v) is 8.75. The molecule has 1 aromatic heterocycles. The number of ether oxygens (including phenoxy) is 1. The summed E-state index contributed by atoms with van der Waals surface area (Å²) in [6, 6.07) is 13.9. The van der Waals surface area contributed by atoms with E-state index in [9.17, 15) is 18.0 Å². The van der Waals surface area contributed by atoms with Crippen LogP contribution in [-0.4, -0.2) is 47.3 Å². The first kappa shape index (κ1) is 24.8. The molecular formula is C26H29F3N4O2. The maximum atomic E-state index is 14.0. The number of likely N-dealkylation sites (tertiary alicyclic amines) is 1. The van der Waals surface area contributed by atoms with Gasteiger partial charge in [0.05, 0.1) is 30.6 Å². The molecule has 6 nitrogen and oxygen atoms in total. The highest BCUT2D eigenvalue weighted by Gasteiger charge is 2.40. The number of hydrogen-bond donors (Lipinski definition) is 1. The van der Waals surface area contributed by atoms with Gasteiger partial charge in [0.25, 0.3) is 5.91 Å². The van der Waals surface area contributed by atoms with Crippen molar-refractivity contribution in [3.63, 3.8) is 0 Å². The van der Waals surface area contributed by atoms with Crippen molar-refractivity contribution >= 4 is 5.91 Å². The van der Waals surface area contributed by atoms with Crippen LogP contribution < -0.4 is 10.1 Å². The number of halogens is 3. The van der Waals surface area contributed by atoms with Gasteiger partial charge in [-0.15, -0.1) is 0 Å². The Kier molecular flexibility index (Phi) is 7.45. The van der Waals surface area contributed by atoms with Gasteiger partial charge in [-0.3, -0.25) is 9.69 Å². The number of carbonyl (C=O) groups excluding carboxylic acids is 1. The molecule has 1 aliphatic rings. The molecule has 1 atom stereocenters. The van der Waals surface area contributed by atoms with Crippen molar-refractivity contribution in [3.8, 4) is 11.4 Å². The number of methoxy groups -OCH3 is 1. The molecule has 1 unspecified atom stereocenters. The number of piperidine rings is 1. The van der Waals surface area contributed by atoms with Gasteiger partial charge in [-0.25, -0.2) is 4.68 Å². The molecule has 3 aromatic rings. The lowest BCUT2D eigenvalue weighted by Crippen LogP contribution is -2.41. The summed E-state index contributed by atoms with van der Waals surface area (Å²) < 4.78 is 48.1. The lowest BCUT2D eigenvalue weighted by atomic mass is 10.0. The number of amides is 1. The Labute approximate surface area is 202 Å². The Bertz CT molecular complexity index is 1130. The van der Waals surface area contributed by atoms with Gasteiger partial charge in [-0.05, 0) is 62.7 Å². The lowest BCUT2D eigenvalue weighted by molar-refractivity contribution is -0.143. The summed E-state index contributed by atoms with van der Waals surface area (Å²) in [6.45, 7) is 3.76. The number of alkyl halides is 3. The molecule has 1 fully saturated rings. The van der Waals surface area contributed by atoms with Gasteiger partial charge in [0, 0.05) is 6.54 Å². The normalized spacial score (nSPS) is 15.6. The maximum Gasteiger partial charge on any atom is 0.434 e. The van der Waals surface area contributed by atoms with E-state index in [0.29, 0.717) is 5.75 Å². The van der Waals surface area contributed by atoms with Crippen molar-refractivity contribution in [2.75, 3.05) is 26.7 Å². The van der Waals surface area contributed by atoms with Gasteiger partial charge < -0.3 is 10.1 Å². The van der Waals surface area contributed by atoms with Crippen LogP contribution in [0.3, 0.4) is 0 Å². The summed E-state index contributed by atoms with van der Waals surface area (Å²) in [5, 5.41) is 6.65. The molecular weight excluding hydrogens is 457 g/mol. The van der Waals surface area contributed by atoms with E-state index in [4.69, 9.17) is 4.74 Å². The van der Waals surface area contributed by atoms with Crippen molar-refractivity contribution in [2.45, 2.75) is 38.4 Å². The van der Waals surface area contributed by atoms with Crippen LogP contribution in [0.15, 0.2) is 54.7 Å². The third-order valence-corrected chi connectivity index (χ3v) is 6.35. The van der Waals surface area contributed by atoms with Crippen LogP contribution in [-0.2, 0) is 6.18 Å². The third kappa shape index (κ3) is 5.67. The minimum absolute atomic E-state index is 0.161. The topological polar surface area (TPSA) is 59.4 Å². The van der Waals surface area contributed by atoms with Crippen molar-refractivity contribution in [1.29, 1.82) is 0 Å². The summed E-state index contributed by atoms with van der Waals surface area (Å²) in [7, 11) is 1.59. The number of rotatable bonds is 7. The number of hydrogen-bond acceptors (Lipinski definition) is 4. The predicted octanol–water partition coefficient (Wildman–Crippen LogP) is 5.17. The Morgan fingerprint density at radius 1 is 1.06 bits per heavy atom. The van der Waals surface area contributed by atoms with Crippen LogP contribution in [0, 0.1) is 6.92 Å². The van der Waals surface area contributed by atoms with E-state index in [0.717, 1.165) is 54.4 Å². The molecule has 0 bridgehead atoms. The quantitative estimate of drug-likeness (QED) is 0.501. The summed E-state index contributed by atoms with van der Waals surface area (Å²) in [6.07, 6.45) is -0.534. The second-order valence-electron chi connectivity index (χ2n) is 8.75. The summed E-state index contributed by atoms with van der Waals surface area (Å²) in [5.41, 5.74) is 0.545. The minimum Gasteiger partial charge on any atom is -0.497 e. The predicted molar refractivity (Wildman–Crippen MR) is 127 cm³/mol. The average Bonchev–Trinajstić information content (AvgIpc) is 3.32. The zero-order valence-corrected chi connectivity index (χ0v) is 19.8. The Morgan fingerprint density at radius 3 is 2.31 bits per heavy atom. The summed E-state index contributed by atoms with van der Waals surface area (Å²) >= 11 is 0. The average molecular weight is 487 g/mol. The number of carbonyl (C=O) groups is 1. The highest BCUT2D eigenvalue weighted by atomic mass is 19.4. The van der Waals surface area contributed by atoms with Crippen molar-refractivity contribution in [2.24, 2.45) is 0 Å². The molecule has 9 heteroatoms. The molecule has 35 heavy (non-hydrogen) atoms. The molecule has 0 spiro atoms. The molecule has 0 radical (unpaired) electrons. The van der Waals surface area contributed by atoms with Gasteiger partial charge in [-0.2, -0.15) is 18.3 Å². The van der Waals surface area contributed by atoms with Crippen LogP contribution in [0.2, 0.25) is 0 Å². The first-order valence-corrected chi connectivity index (χ1v) is 11.7. The molecule has 4 rings (SSSR count). The van der Waals surface area contributed by atoms with Gasteiger partial charge in [0.2, 0.25) is 0 Å². The van der Waals surface area contributed by atoms with Crippen LogP contribution in [0.25, 0.3) is 5.69 Å². The zero-order chi connectivity index (χ0) is 25.0. The SMILES string of the molecule is COc1ccc(C(CNC(=O)c2cnn(-c3ccc(C)cc3)c2C(F)(F)F)N2CCCCC2)cc1. The van der Waals surface area contributed by atoms with Gasteiger partial charge in [-0.1, -0.05) is 36.2 Å². The summed E-state index contributed by atoms with van der Waals surface area (Å²) in [4.78, 5) is 15.3. The Morgan fingerprint density at radius 2 is 1.71 bits per heavy atom. The van der Waals surface area contributed by atoms with E-state index < -0.39 is 23.3 Å². The largest absolute Gasteiger partial charge is 0.497 e. The zero-order valence-electron chi connectivity index (χ0n) is 19.8. The van der Waals surface area contributed by atoms with Gasteiger partial charge >= 0.3 is 6.18 Å². The Balaban J connectivity index is 1.59. The van der Waals surface area contributed by atoms with E-state index in [1.165, 1.54) is 0 Å². The highest BCUT2D eigenvalue weighted by Crippen LogP contribution is 2.34. The molecule has 2 heterocycles. The number of nitrogens with zero attached hydrogens (tertiary/aromatic N) is 3. The van der Waals surface area contributed by atoms with E-state index >= 15 is 0 Å². The molecule has 1 saturated heterocycles. The number of benzene rings is 2. The van der Waals surface area contributed by atoms with Crippen molar-refractivity contribution in [1.82, 2.24) is 20.0 Å². The van der Waals surface area contributed by atoms with E-state index in [1.807, 2.05) is 31.2 Å². The molecule has 1 amide bonds. The highest BCUT2D eigenvalue weighted by molar-refractivity contribution is 5.95. The third-order valence-electron chi connectivity index (χ3n) is 6.35. The number of aromatic nitrogens is 2. The first-order chi connectivity index (χ1) is 16.8. The van der Waals surface area contributed by atoms with E-state index in [-0.39, 0.29) is 18.3 Å². The van der Waals surface area contributed by atoms with E-state index in [2.05, 4.69) is 15.3 Å². The molecule has 2 aromatic carbocycles. The smallest absolute Gasteiger partial charge is 0.434 e. The number of aryl methyl sites for hydroxylation is 1. The first-order valence-electron chi connectivity index (χ1n) is 11.7. The molecule has 1 N–H and O–H groups in total. The van der Waals surface area contributed by atoms with Gasteiger partial charge in [0.15, 0.2) is 5.69 Å². The fourth-order valence-electron chi connectivity index (χ4n) is 4.47. The summed E-state index contributed by atoms with van der Waals surface area (Å²) in [5.74, 6) is -0.0836. The Hall–Kier alpha value is -3.33. The van der Waals surface area contributed by atoms with Crippen LogP contribution in [0.5, 0.6) is 5.75 Å². The van der Waals surface area contributed by atoms with Gasteiger partial charge in [0.1, 0.15) is 5.75 Å². The van der Waals surface area contributed by atoms with Crippen LogP contribution in [0.4, 0.5) is 13.2 Å². The lowest BCUT2D eigenvalue weighted by Gasteiger charge is -2.35.